The van der Waals surface area contributed by atoms with Gasteiger partial charge < -0.3 is 15.4 Å². The van der Waals surface area contributed by atoms with Gasteiger partial charge >= 0.3 is 0 Å². The number of carbonyl (C=O) groups excluding carboxylic acids is 1. The summed E-state index contributed by atoms with van der Waals surface area (Å²) in [6, 6.07) is 14.7. The zero-order valence-corrected chi connectivity index (χ0v) is 14.7. The molecule has 1 heterocycles. The summed E-state index contributed by atoms with van der Waals surface area (Å²) in [7, 11) is 0. The predicted molar refractivity (Wildman–Crippen MR) is 98.1 cm³/mol. The first kappa shape index (κ1) is 16.4. The van der Waals surface area contributed by atoms with Crippen LogP contribution < -0.4 is 10.5 Å². The smallest absolute Gasteiger partial charge is 0.253 e. The Labute approximate surface area is 152 Å². The van der Waals surface area contributed by atoms with Crippen molar-refractivity contribution >= 4 is 17.5 Å². The van der Waals surface area contributed by atoms with Crippen molar-refractivity contribution in [2.24, 2.45) is 17.6 Å². The summed E-state index contributed by atoms with van der Waals surface area (Å²) < 4.78 is 5.77. The van der Waals surface area contributed by atoms with E-state index in [9.17, 15) is 4.79 Å². The van der Waals surface area contributed by atoms with Gasteiger partial charge in [-0.1, -0.05) is 17.7 Å². The summed E-state index contributed by atoms with van der Waals surface area (Å²) in [5.41, 5.74) is 6.85. The van der Waals surface area contributed by atoms with Crippen molar-refractivity contribution in [3.63, 3.8) is 0 Å². The van der Waals surface area contributed by atoms with E-state index in [0.29, 0.717) is 33.9 Å². The fraction of sp³-hybridized carbons (Fsp3) is 0.350. The molecular formula is C20H21ClN2O2. The zero-order chi connectivity index (χ0) is 17.4. The van der Waals surface area contributed by atoms with E-state index < -0.39 is 0 Å². The van der Waals surface area contributed by atoms with Crippen LogP contribution in [0.25, 0.3) is 0 Å². The SMILES string of the molecule is NC1CCC2CN(C(=O)c3ccc(Oc4cccc(Cl)c4)cc3)CC12. The van der Waals surface area contributed by atoms with Gasteiger partial charge in [-0.3, -0.25) is 4.79 Å². The third-order valence-electron chi connectivity index (χ3n) is 5.33. The molecule has 4 nitrogen and oxygen atoms in total. The first-order valence-corrected chi connectivity index (χ1v) is 9.06. The number of carbonyl (C=O) groups is 1. The Morgan fingerprint density at radius 3 is 2.60 bits per heavy atom. The molecule has 5 heteroatoms. The van der Waals surface area contributed by atoms with Gasteiger partial charge in [-0.2, -0.15) is 0 Å². The molecule has 0 bridgehead atoms. The highest BCUT2D eigenvalue weighted by Gasteiger charge is 2.42. The second-order valence-electron chi connectivity index (χ2n) is 6.96. The van der Waals surface area contributed by atoms with Crippen LogP contribution in [0.1, 0.15) is 23.2 Å². The number of ether oxygens (including phenoxy) is 1. The van der Waals surface area contributed by atoms with E-state index in [1.54, 1.807) is 12.1 Å². The third kappa shape index (κ3) is 3.37. The Hall–Kier alpha value is -2.04. The summed E-state index contributed by atoms with van der Waals surface area (Å²) in [6.45, 7) is 1.61. The summed E-state index contributed by atoms with van der Waals surface area (Å²) in [4.78, 5) is 14.7. The van der Waals surface area contributed by atoms with Gasteiger partial charge in [-0.05, 0) is 67.1 Å². The highest BCUT2D eigenvalue weighted by molar-refractivity contribution is 6.30. The Balaban J connectivity index is 1.42. The molecule has 2 aromatic carbocycles. The topological polar surface area (TPSA) is 55.6 Å². The molecule has 2 N–H and O–H groups in total. The number of benzene rings is 2. The van der Waals surface area contributed by atoms with Gasteiger partial charge in [-0.25, -0.2) is 0 Å². The summed E-state index contributed by atoms with van der Waals surface area (Å²) in [6.07, 6.45) is 2.23. The fourth-order valence-electron chi connectivity index (χ4n) is 3.99. The highest BCUT2D eigenvalue weighted by Crippen LogP contribution is 2.37. The van der Waals surface area contributed by atoms with Crippen molar-refractivity contribution in [3.05, 3.63) is 59.1 Å². The number of halogens is 1. The van der Waals surface area contributed by atoms with Gasteiger partial charge in [0.15, 0.2) is 0 Å². The molecule has 1 aliphatic heterocycles. The molecule has 0 radical (unpaired) electrons. The Bertz CT molecular complexity index is 778. The van der Waals surface area contributed by atoms with E-state index in [0.717, 1.165) is 25.9 Å². The number of likely N-dealkylation sites (tertiary alicyclic amines) is 1. The molecule has 1 amide bonds. The molecule has 1 aliphatic carbocycles. The molecule has 1 saturated carbocycles. The standard InChI is InChI=1S/C20H21ClN2O2/c21-15-2-1-3-17(10-15)25-16-7-4-13(5-8-16)20(24)23-11-14-6-9-19(22)18(14)12-23/h1-5,7-8,10,14,18-19H,6,9,11-12,22H2. The molecule has 0 spiro atoms. The van der Waals surface area contributed by atoms with Gasteiger partial charge in [0, 0.05) is 29.7 Å². The minimum Gasteiger partial charge on any atom is -0.457 e. The largest absolute Gasteiger partial charge is 0.457 e. The summed E-state index contributed by atoms with van der Waals surface area (Å²) >= 11 is 5.96. The van der Waals surface area contributed by atoms with Crippen LogP contribution in [0.2, 0.25) is 5.02 Å². The Kier molecular flexibility index (Phi) is 4.40. The zero-order valence-electron chi connectivity index (χ0n) is 13.9. The lowest BCUT2D eigenvalue weighted by atomic mass is 9.98. The van der Waals surface area contributed by atoms with Gasteiger partial charge in [-0.15, -0.1) is 0 Å². The number of fused-ring (bicyclic) bond motifs is 1. The minimum atomic E-state index is 0.0795. The maximum absolute atomic E-state index is 12.7. The molecule has 1 saturated heterocycles. The van der Waals surface area contributed by atoms with Crippen LogP contribution >= 0.6 is 11.6 Å². The van der Waals surface area contributed by atoms with Crippen LogP contribution in [0.15, 0.2) is 48.5 Å². The lowest BCUT2D eigenvalue weighted by Crippen LogP contribution is -2.33. The van der Waals surface area contributed by atoms with Crippen molar-refractivity contribution in [3.8, 4) is 11.5 Å². The second-order valence-corrected chi connectivity index (χ2v) is 7.40. The fourth-order valence-corrected chi connectivity index (χ4v) is 4.17. The molecular weight excluding hydrogens is 336 g/mol. The number of nitrogens with two attached hydrogens (primary N) is 1. The van der Waals surface area contributed by atoms with Crippen LogP contribution in [0.5, 0.6) is 11.5 Å². The molecule has 2 aromatic rings. The highest BCUT2D eigenvalue weighted by atomic mass is 35.5. The van der Waals surface area contributed by atoms with Crippen molar-refractivity contribution < 1.29 is 9.53 Å². The van der Waals surface area contributed by atoms with Crippen LogP contribution in [0, 0.1) is 11.8 Å². The third-order valence-corrected chi connectivity index (χ3v) is 5.57. The van der Waals surface area contributed by atoms with E-state index in [1.165, 1.54) is 0 Å². The first-order valence-electron chi connectivity index (χ1n) is 8.68. The van der Waals surface area contributed by atoms with Crippen molar-refractivity contribution in [2.75, 3.05) is 13.1 Å². The predicted octanol–water partition coefficient (Wildman–Crippen LogP) is 3.94. The molecule has 2 aliphatic rings. The number of hydrogen-bond donors (Lipinski definition) is 1. The van der Waals surface area contributed by atoms with E-state index in [4.69, 9.17) is 22.1 Å². The van der Waals surface area contributed by atoms with Crippen molar-refractivity contribution in [2.45, 2.75) is 18.9 Å². The summed E-state index contributed by atoms with van der Waals surface area (Å²) in [5.74, 6) is 2.47. The van der Waals surface area contributed by atoms with Gasteiger partial charge in [0.05, 0.1) is 0 Å². The van der Waals surface area contributed by atoms with Gasteiger partial charge in [0.2, 0.25) is 0 Å². The Morgan fingerprint density at radius 1 is 1.08 bits per heavy atom. The molecule has 0 aromatic heterocycles. The lowest BCUT2D eigenvalue weighted by Gasteiger charge is -2.19. The summed E-state index contributed by atoms with van der Waals surface area (Å²) in [5, 5.41) is 0.627. The molecule has 25 heavy (non-hydrogen) atoms. The average Bonchev–Trinajstić information content (AvgIpc) is 3.17. The van der Waals surface area contributed by atoms with E-state index >= 15 is 0 Å². The van der Waals surface area contributed by atoms with Gasteiger partial charge in [0.1, 0.15) is 11.5 Å². The maximum Gasteiger partial charge on any atom is 0.253 e. The first-order chi connectivity index (χ1) is 12.1. The molecule has 2 fully saturated rings. The van der Waals surface area contributed by atoms with Crippen LogP contribution in [-0.4, -0.2) is 29.9 Å². The lowest BCUT2D eigenvalue weighted by molar-refractivity contribution is 0.0779. The molecule has 4 rings (SSSR count). The number of rotatable bonds is 3. The minimum absolute atomic E-state index is 0.0795. The number of amides is 1. The Morgan fingerprint density at radius 2 is 1.88 bits per heavy atom. The quantitative estimate of drug-likeness (QED) is 0.906. The van der Waals surface area contributed by atoms with Crippen LogP contribution in [-0.2, 0) is 0 Å². The second kappa shape index (κ2) is 6.70. The number of nitrogens with zero attached hydrogens (tertiary/aromatic N) is 1. The maximum atomic E-state index is 12.7. The van der Waals surface area contributed by atoms with Crippen molar-refractivity contribution in [1.82, 2.24) is 4.90 Å². The number of hydrogen-bond acceptors (Lipinski definition) is 3. The molecule has 3 atom stereocenters. The van der Waals surface area contributed by atoms with Crippen molar-refractivity contribution in [1.29, 1.82) is 0 Å². The monoisotopic (exact) mass is 356 g/mol. The molecule has 130 valence electrons. The van der Waals surface area contributed by atoms with E-state index in [1.807, 2.05) is 41.3 Å². The molecule has 3 unspecified atom stereocenters. The average molecular weight is 357 g/mol. The normalized spacial score (nSPS) is 25.0. The van der Waals surface area contributed by atoms with Gasteiger partial charge in [0.25, 0.3) is 5.91 Å². The van der Waals surface area contributed by atoms with Crippen LogP contribution in [0.4, 0.5) is 0 Å². The van der Waals surface area contributed by atoms with E-state index in [2.05, 4.69) is 0 Å². The van der Waals surface area contributed by atoms with E-state index in [-0.39, 0.29) is 11.9 Å². The van der Waals surface area contributed by atoms with Crippen LogP contribution in [0.3, 0.4) is 0 Å².